The molecule has 0 spiro atoms. The van der Waals surface area contributed by atoms with Crippen LogP contribution in [0.4, 0.5) is 0 Å². The molecule has 0 amide bonds. The van der Waals surface area contributed by atoms with Gasteiger partial charge in [-0.25, -0.2) is 0 Å². The van der Waals surface area contributed by atoms with Crippen LogP contribution >= 0.6 is 11.8 Å². The second kappa shape index (κ2) is 4.62. The predicted octanol–water partition coefficient (Wildman–Crippen LogP) is 0.258. The minimum atomic E-state index is 0.380. The zero-order valence-corrected chi connectivity index (χ0v) is 9.86. The lowest BCUT2D eigenvalue weighted by Gasteiger charge is -1.99. The lowest BCUT2D eigenvalue weighted by atomic mass is 10.6. The third-order valence-electron chi connectivity index (χ3n) is 2.01. The first-order valence-corrected chi connectivity index (χ1v) is 5.69. The van der Waals surface area contributed by atoms with Gasteiger partial charge >= 0.3 is 0 Å². The van der Waals surface area contributed by atoms with Crippen LogP contribution in [0.1, 0.15) is 17.5 Å². The van der Waals surface area contributed by atoms with Gasteiger partial charge in [-0.2, -0.15) is 4.98 Å². The van der Waals surface area contributed by atoms with Crippen LogP contribution in [0.5, 0.6) is 0 Å². The molecule has 0 aliphatic carbocycles. The van der Waals surface area contributed by atoms with Crippen molar-refractivity contribution in [2.24, 2.45) is 12.8 Å². The molecule has 0 bridgehead atoms. The van der Waals surface area contributed by atoms with Crippen molar-refractivity contribution in [3.63, 3.8) is 0 Å². The smallest absolute Gasteiger partial charge is 0.223 e. The molecule has 2 N–H and O–H groups in total. The molecule has 0 fully saturated rings. The highest BCUT2D eigenvalue weighted by Gasteiger charge is 2.09. The van der Waals surface area contributed by atoms with Gasteiger partial charge in [-0.3, -0.25) is 0 Å². The number of aromatic nitrogens is 5. The average molecular weight is 240 g/mol. The van der Waals surface area contributed by atoms with Crippen molar-refractivity contribution >= 4 is 11.8 Å². The van der Waals surface area contributed by atoms with E-state index in [0.717, 1.165) is 11.0 Å². The van der Waals surface area contributed by atoms with Gasteiger partial charge in [0.15, 0.2) is 11.0 Å². The fourth-order valence-electron chi connectivity index (χ4n) is 1.18. The number of nitrogens with two attached hydrogens (primary N) is 1. The van der Waals surface area contributed by atoms with Gasteiger partial charge < -0.3 is 14.8 Å². The first-order chi connectivity index (χ1) is 7.70. The van der Waals surface area contributed by atoms with E-state index in [0.29, 0.717) is 24.0 Å². The van der Waals surface area contributed by atoms with Crippen LogP contribution in [0.25, 0.3) is 0 Å². The summed E-state index contributed by atoms with van der Waals surface area (Å²) in [5, 5.41) is 12.6. The van der Waals surface area contributed by atoms with Crippen LogP contribution in [-0.2, 0) is 19.3 Å². The molecular weight excluding hydrogens is 228 g/mol. The third-order valence-corrected chi connectivity index (χ3v) is 3.02. The molecule has 2 heterocycles. The zero-order chi connectivity index (χ0) is 11.5. The summed E-state index contributed by atoms with van der Waals surface area (Å²) >= 11 is 1.50. The molecule has 86 valence electrons. The molecule has 0 aliphatic rings. The normalized spacial score (nSPS) is 10.9. The molecule has 0 aromatic carbocycles. The van der Waals surface area contributed by atoms with E-state index in [1.54, 1.807) is 6.92 Å². The standard InChI is InChI=1S/C8H12N6OS/c1-5-10-6(13-15-5)4-16-8-12-11-7(3-9)14(8)2/h3-4,9H2,1-2H3. The fourth-order valence-corrected chi connectivity index (χ4v) is 1.95. The fraction of sp³-hybridized carbons (Fsp3) is 0.500. The van der Waals surface area contributed by atoms with E-state index in [2.05, 4.69) is 20.3 Å². The first kappa shape index (κ1) is 11.1. The number of thioether (sulfide) groups is 1. The second-order valence-corrected chi connectivity index (χ2v) is 4.12. The summed E-state index contributed by atoms with van der Waals surface area (Å²) < 4.78 is 6.73. The number of hydrogen-bond donors (Lipinski definition) is 1. The summed E-state index contributed by atoms with van der Waals surface area (Å²) in [5.41, 5.74) is 5.50. The van der Waals surface area contributed by atoms with Gasteiger partial charge in [0.05, 0.1) is 12.3 Å². The Morgan fingerprint density at radius 3 is 2.81 bits per heavy atom. The van der Waals surface area contributed by atoms with Crippen LogP contribution in [0.3, 0.4) is 0 Å². The lowest BCUT2D eigenvalue weighted by molar-refractivity contribution is 0.389. The Bertz CT molecular complexity index is 479. The summed E-state index contributed by atoms with van der Waals surface area (Å²) in [4.78, 5) is 4.10. The Labute approximate surface area is 96.4 Å². The number of hydrogen-bond acceptors (Lipinski definition) is 7. The number of nitrogens with zero attached hydrogens (tertiary/aromatic N) is 5. The first-order valence-electron chi connectivity index (χ1n) is 4.71. The van der Waals surface area contributed by atoms with Gasteiger partial charge in [-0.1, -0.05) is 16.9 Å². The second-order valence-electron chi connectivity index (χ2n) is 3.18. The molecule has 7 nitrogen and oxygen atoms in total. The zero-order valence-electron chi connectivity index (χ0n) is 9.04. The minimum absolute atomic E-state index is 0.380. The molecule has 2 aromatic rings. The van der Waals surface area contributed by atoms with Gasteiger partial charge in [0, 0.05) is 14.0 Å². The van der Waals surface area contributed by atoms with E-state index < -0.39 is 0 Å². The summed E-state index contributed by atoms with van der Waals surface area (Å²) in [6, 6.07) is 0. The summed E-state index contributed by atoms with van der Waals surface area (Å²) in [6.07, 6.45) is 0. The van der Waals surface area contributed by atoms with E-state index in [-0.39, 0.29) is 0 Å². The highest BCUT2D eigenvalue weighted by molar-refractivity contribution is 7.98. The van der Waals surface area contributed by atoms with E-state index in [4.69, 9.17) is 10.3 Å². The van der Waals surface area contributed by atoms with Crippen molar-refractivity contribution < 1.29 is 4.52 Å². The van der Waals surface area contributed by atoms with E-state index in [1.165, 1.54) is 11.8 Å². The maximum atomic E-state index is 5.50. The van der Waals surface area contributed by atoms with Crippen LogP contribution in [0, 0.1) is 6.92 Å². The predicted molar refractivity (Wildman–Crippen MR) is 57.5 cm³/mol. The van der Waals surface area contributed by atoms with Crippen molar-refractivity contribution in [3.8, 4) is 0 Å². The molecule has 2 aromatic heterocycles. The Morgan fingerprint density at radius 1 is 1.44 bits per heavy atom. The van der Waals surface area contributed by atoms with Gasteiger partial charge in [0.25, 0.3) is 0 Å². The summed E-state index contributed by atoms with van der Waals surface area (Å²) in [5.74, 6) is 2.58. The topological polar surface area (TPSA) is 95.7 Å². The largest absolute Gasteiger partial charge is 0.340 e. The van der Waals surface area contributed by atoms with Gasteiger partial charge in [0.2, 0.25) is 5.89 Å². The van der Waals surface area contributed by atoms with Gasteiger partial charge in [-0.05, 0) is 0 Å². The lowest BCUT2D eigenvalue weighted by Crippen LogP contribution is -2.05. The van der Waals surface area contributed by atoms with Crippen LogP contribution in [0.2, 0.25) is 0 Å². The van der Waals surface area contributed by atoms with E-state index in [1.807, 2.05) is 11.6 Å². The Morgan fingerprint density at radius 2 is 2.25 bits per heavy atom. The van der Waals surface area contributed by atoms with Crippen molar-refractivity contribution in [2.45, 2.75) is 24.4 Å². The molecule has 0 aliphatic heterocycles. The van der Waals surface area contributed by atoms with E-state index >= 15 is 0 Å². The molecule has 0 atom stereocenters. The molecular formula is C8H12N6OS. The molecule has 0 saturated carbocycles. The molecule has 0 radical (unpaired) electrons. The maximum Gasteiger partial charge on any atom is 0.223 e. The average Bonchev–Trinajstić information content (AvgIpc) is 2.83. The van der Waals surface area contributed by atoms with Crippen molar-refractivity contribution in [3.05, 3.63) is 17.5 Å². The Kier molecular flexibility index (Phi) is 3.20. The van der Waals surface area contributed by atoms with Crippen LogP contribution < -0.4 is 5.73 Å². The monoisotopic (exact) mass is 240 g/mol. The molecule has 0 unspecified atom stereocenters. The van der Waals surface area contributed by atoms with Crippen LogP contribution in [0.15, 0.2) is 9.68 Å². The van der Waals surface area contributed by atoms with E-state index in [9.17, 15) is 0 Å². The maximum absolute atomic E-state index is 5.50. The molecule has 8 heteroatoms. The molecule has 16 heavy (non-hydrogen) atoms. The molecule has 0 saturated heterocycles. The number of rotatable bonds is 4. The quantitative estimate of drug-likeness (QED) is 0.765. The third kappa shape index (κ3) is 2.22. The van der Waals surface area contributed by atoms with Gasteiger partial charge in [-0.15, -0.1) is 10.2 Å². The van der Waals surface area contributed by atoms with Crippen molar-refractivity contribution in [1.29, 1.82) is 0 Å². The van der Waals surface area contributed by atoms with Crippen molar-refractivity contribution in [1.82, 2.24) is 24.9 Å². The molecule has 2 rings (SSSR count). The van der Waals surface area contributed by atoms with Gasteiger partial charge in [0.1, 0.15) is 5.82 Å². The SMILES string of the molecule is Cc1nc(CSc2nnc(CN)n2C)no1. The highest BCUT2D eigenvalue weighted by atomic mass is 32.2. The Balaban J connectivity index is 2.02. The Hall–Kier alpha value is -1.41. The number of aryl methyl sites for hydroxylation is 1. The minimum Gasteiger partial charge on any atom is -0.340 e. The summed E-state index contributed by atoms with van der Waals surface area (Å²) in [6.45, 7) is 2.14. The summed E-state index contributed by atoms with van der Waals surface area (Å²) in [7, 11) is 1.88. The highest BCUT2D eigenvalue weighted by Crippen LogP contribution is 2.19. The van der Waals surface area contributed by atoms with Crippen LogP contribution in [-0.4, -0.2) is 24.9 Å². The van der Waals surface area contributed by atoms with Crippen molar-refractivity contribution in [2.75, 3.05) is 0 Å².